The largest absolute Gasteiger partial charge is 0.493 e. The lowest BCUT2D eigenvalue weighted by Gasteiger charge is -2.39. The van der Waals surface area contributed by atoms with Gasteiger partial charge in [0.2, 0.25) is 0 Å². The maximum absolute atomic E-state index is 12.6. The molecule has 0 bridgehead atoms. The average molecular weight is 261 g/mol. The number of hydrogen-bond donors (Lipinski definition) is 1. The van der Waals surface area contributed by atoms with Gasteiger partial charge in [-0.05, 0) is 25.1 Å². The minimum absolute atomic E-state index is 0.122. The van der Waals surface area contributed by atoms with Crippen LogP contribution in [0.5, 0.6) is 11.5 Å². The van der Waals surface area contributed by atoms with Crippen LogP contribution in [0.15, 0.2) is 18.2 Å². The van der Waals surface area contributed by atoms with Crippen LogP contribution in [0.1, 0.15) is 12.5 Å². The summed E-state index contributed by atoms with van der Waals surface area (Å²) in [6, 6.07) is 3.23. The zero-order valence-corrected chi connectivity index (χ0v) is 10.1. The molecule has 0 unspecified atom stereocenters. The summed E-state index contributed by atoms with van der Waals surface area (Å²) in [5.41, 5.74) is -1.22. The molecule has 6 heteroatoms. The summed E-state index contributed by atoms with van der Waals surface area (Å²) in [5, 5.41) is 3.02. The van der Waals surface area contributed by atoms with Crippen molar-refractivity contribution in [1.82, 2.24) is 5.32 Å². The maximum atomic E-state index is 12.6. The van der Waals surface area contributed by atoms with E-state index >= 15 is 0 Å². The highest BCUT2D eigenvalue weighted by Crippen LogP contribution is 2.38. The van der Waals surface area contributed by atoms with Crippen LogP contribution in [0.2, 0.25) is 0 Å². The van der Waals surface area contributed by atoms with Crippen molar-refractivity contribution in [3.63, 3.8) is 0 Å². The van der Waals surface area contributed by atoms with E-state index in [0.717, 1.165) is 12.1 Å². The van der Waals surface area contributed by atoms with Gasteiger partial charge in [0.25, 0.3) is 0 Å². The minimum Gasteiger partial charge on any atom is -0.493 e. The maximum Gasteiger partial charge on any atom is 0.416 e. The molecule has 1 aliphatic heterocycles. The first-order valence-electron chi connectivity index (χ1n) is 5.49. The highest BCUT2D eigenvalue weighted by Gasteiger charge is 2.36. The lowest BCUT2D eigenvalue weighted by Crippen LogP contribution is -2.61. The number of methoxy groups -OCH3 is 1. The second-order valence-corrected chi connectivity index (χ2v) is 4.52. The van der Waals surface area contributed by atoms with E-state index in [1.807, 2.05) is 6.92 Å². The molecule has 1 fully saturated rings. The van der Waals surface area contributed by atoms with Crippen LogP contribution < -0.4 is 14.8 Å². The quantitative estimate of drug-likeness (QED) is 0.906. The van der Waals surface area contributed by atoms with Gasteiger partial charge in [0.1, 0.15) is 5.60 Å². The zero-order valence-electron chi connectivity index (χ0n) is 10.1. The van der Waals surface area contributed by atoms with Crippen LogP contribution in [-0.2, 0) is 6.18 Å². The SMILES string of the molecule is COc1ccc(C(F)(F)F)cc1OC1(C)CNC1. The van der Waals surface area contributed by atoms with E-state index in [2.05, 4.69) is 5.32 Å². The normalized spacial score (nSPS) is 18.1. The molecule has 18 heavy (non-hydrogen) atoms. The van der Waals surface area contributed by atoms with Crippen LogP contribution in [0.25, 0.3) is 0 Å². The average Bonchev–Trinajstić information content (AvgIpc) is 2.25. The molecule has 1 saturated heterocycles. The molecule has 0 amide bonds. The highest BCUT2D eigenvalue weighted by atomic mass is 19.4. The Morgan fingerprint density at radius 3 is 2.33 bits per heavy atom. The Bertz CT molecular complexity index is 441. The number of nitrogens with one attached hydrogen (secondary N) is 1. The monoisotopic (exact) mass is 261 g/mol. The third-order valence-corrected chi connectivity index (χ3v) is 2.85. The molecule has 100 valence electrons. The van der Waals surface area contributed by atoms with Gasteiger partial charge in [0.15, 0.2) is 11.5 Å². The van der Waals surface area contributed by atoms with Crippen molar-refractivity contribution in [1.29, 1.82) is 0 Å². The van der Waals surface area contributed by atoms with E-state index in [1.54, 1.807) is 0 Å². The summed E-state index contributed by atoms with van der Waals surface area (Å²) in [6.07, 6.45) is -4.39. The van der Waals surface area contributed by atoms with Crippen molar-refractivity contribution in [2.75, 3.05) is 20.2 Å². The third-order valence-electron chi connectivity index (χ3n) is 2.85. The Labute approximate surface area is 103 Å². The van der Waals surface area contributed by atoms with Crippen molar-refractivity contribution in [2.45, 2.75) is 18.7 Å². The molecule has 0 aliphatic carbocycles. The van der Waals surface area contributed by atoms with Crippen LogP contribution >= 0.6 is 0 Å². The second-order valence-electron chi connectivity index (χ2n) is 4.52. The summed E-state index contributed by atoms with van der Waals surface area (Å²) in [7, 11) is 1.40. The van der Waals surface area contributed by atoms with E-state index in [1.165, 1.54) is 13.2 Å². The van der Waals surface area contributed by atoms with Crippen molar-refractivity contribution >= 4 is 0 Å². The van der Waals surface area contributed by atoms with Gasteiger partial charge in [-0.15, -0.1) is 0 Å². The molecule has 1 N–H and O–H groups in total. The Morgan fingerprint density at radius 1 is 1.22 bits per heavy atom. The number of halogens is 3. The smallest absolute Gasteiger partial charge is 0.416 e. The first-order valence-corrected chi connectivity index (χ1v) is 5.49. The van der Waals surface area contributed by atoms with E-state index in [9.17, 15) is 13.2 Å². The van der Waals surface area contributed by atoms with E-state index in [0.29, 0.717) is 18.8 Å². The number of alkyl halides is 3. The summed E-state index contributed by atoms with van der Waals surface area (Å²) >= 11 is 0. The Morgan fingerprint density at radius 2 is 1.89 bits per heavy atom. The van der Waals surface area contributed by atoms with Gasteiger partial charge in [0.05, 0.1) is 12.7 Å². The molecule has 0 saturated carbocycles. The van der Waals surface area contributed by atoms with Crippen molar-refractivity contribution in [3.8, 4) is 11.5 Å². The van der Waals surface area contributed by atoms with Gasteiger partial charge >= 0.3 is 6.18 Å². The van der Waals surface area contributed by atoms with Crippen molar-refractivity contribution in [3.05, 3.63) is 23.8 Å². The second kappa shape index (κ2) is 4.35. The number of benzene rings is 1. The molecule has 2 rings (SSSR count). The van der Waals surface area contributed by atoms with Gasteiger partial charge in [0, 0.05) is 13.1 Å². The molecular weight excluding hydrogens is 247 g/mol. The van der Waals surface area contributed by atoms with Crippen molar-refractivity contribution < 1.29 is 22.6 Å². The first-order chi connectivity index (χ1) is 8.34. The highest BCUT2D eigenvalue weighted by molar-refractivity contribution is 5.44. The van der Waals surface area contributed by atoms with E-state index in [4.69, 9.17) is 9.47 Å². The summed E-state index contributed by atoms with van der Waals surface area (Å²) in [5.74, 6) is 0.424. The van der Waals surface area contributed by atoms with E-state index in [-0.39, 0.29) is 5.75 Å². The predicted octanol–water partition coefficient (Wildman–Crippen LogP) is 2.45. The molecular formula is C12H14F3NO2. The molecule has 1 aromatic carbocycles. The molecule has 3 nitrogen and oxygen atoms in total. The zero-order chi connectivity index (χ0) is 13.4. The molecule has 0 spiro atoms. The van der Waals surface area contributed by atoms with Crippen molar-refractivity contribution in [2.24, 2.45) is 0 Å². The van der Waals surface area contributed by atoms with E-state index < -0.39 is 17.3 Å². The molecule has 0 aromatic heterocycles. The fourth-order valence-electron chi connectivity index (χ4n) is 1.75. The number of hydrogen-bond acceptors (Lipinski definition) is 3. The van der Waals surface area contributed by atoms with Crippen LogP contribution in [0.4, 0.5) is 13.2 Å². The van der Waals surface area contributed by atoms with Gasteiger partial charge in [-0.1, -0.05) is 0 Å². The van der Waals surface area contributed by atoms with Crippen LogP contribution in [0.3, 0.4) is 0 Å². The van der Waals surface area contributed by atoms with Crippen LogP contribution in [0, 0.1) is 0 Å². The fraction of sp³-hybridized carbons (Fsp3) is 0.500. The summed E-state index contributed by atoms with van der Waals surface area (Å²) in [4.78, 5) is 0. The Balaban J connectivity index is 2.30. The molecule has 0 radical (unpaired) electrons. The molecule has 1 aromatic rings. The lowest BCUT2D eigenvalue weighted by molar-refractivity contribution is -0.137. The third kappa shape index (κ3) is 2.53. The Kier molecular flexibility index (Phi) is 3.14. The van der Waals surface area contributed by atoms with Gasteiger partial charge in [-0.25, -0.2) is 0 Å². The number of ether oxygens (including phenoxy) is 2. The molecule has 1 heterocycles. The fourth-order valence-corrected chi connectivity index (χ4v) is 1.75. The number of rotatable bonds is 3. The lowest BCUT2D eigenvalue weighted by atomic mass is 10.00. The summed E-state index contributed by atoms with van der Waals surface area (Å²) in [6.45, 7) is 3.04. The topological polar surface area (TPSA) is 30.5 Å². The molecule has 0 atom stereocenters. The van der Waals surface area contributed by atoms with Crippen LogP contribution in [-0.4, -0.2) is 25.8 Å². The predicted molar refractivity (Wildman–Crippen MR) is 59.9 cm³/mol. The molecule has 1 aliphatic rings. The van der Waals surface area contributed by atoms with Gasteiger partial charge < -0.3 is 14.8 Å². The van der Waals surface area contributed by atoms with Gasteiger partial charge in [-0.3, -0.25) is 0 Å². The minimum atomic E-state index is -4.39. The van der Waals surface area contributed by atoms with Gasteiger partial charge in [-0.2, -0.15) is 13.2 Å². The summed E-state index contributed by atoms with van der Waals surface area (Å²) < 4.78 is 48.5. The first kappa shape index (κ1) is 13.0. The standard InChI is InChI=1S/C12H14F3NO2/c1-11(6-16-7-11)18-10-5-8(12(13,14)15)3-4-9(10)17-2/h3-5,16H,6-7H2,1-2H3. The Hall–Kier alpha value is -1.43.